The lowest BCUT2D eigenvalue weighted by molar-refractivity contribution is -0.121. The van der Waals surface area contributed by atoms with E-state index >= 15 is 0 Å². The summed E-state index contributed by atoms with van der Waals surface area (Å²) >= 11 is 12.9. The van der Waals surface area contributed by atoms with E-state index in [1.54, 1.807) is 12.1 Å². The molecule has 0 aliphatic rings. The molecule has 2 N–H and O–H groups in total. The van der Waals surface area contributed by atoms with Crippen molar-refractivity contribution in [3.63, 3.8) is 0 Å². The van der Waals surface area contributed by atoms with Gasteiger partial charge in [0.1, 0.15) is 12.8 Å². The van der Waals surface area contributed by atoms with Crippen LogP contribution in [-0.4, -0.2) is 59.9 Å². The minimum Gasteiger partial charge on any atom is -0.386 e. The maximum absolute atomic E-state index is 13.3. The van der Waals surface area contributed by atoms with Crippen molar-refractivity contribution in [1.82, 2.24) is 10.2 Å². The van der Waals surface area contributed by atoms with Gasteiger partial charge in [-0.05, 0) is 36.3 Å². The van der Waals surface area contributed by atoms with Crippen LogP contribution in [0.4, 0.5) is 4.39 Å². The molecule has 0 heterocycles. The summed E-state index contributed by atoms with van der Waals surface area (Å²) in [4.78, 5) is 12.4. The summed E-state index contributed by atoms with van der Waals surface area (Å²) < 4.78 is 13.3. The van der Waals surface area contributed by atoms with Gasteiger partial charge in [-0.25, -0.2) is 4.39 Å². The molecule has 8 heteroatoms. The number of aliphatic hydroxyl groups is 1. The number of aliphatic hydroxyl groups excluding tert-OH is 1. The van der Waals surface area contributed by atoms with E-state index in [0.29, 0.717) is 5.56 Å². The van der Waals surface area contributed by atoms with Gasteiger partial charge in [-0.2, -0.15) is 11.8 Å². The van der Waals surface area contributed by atoms with Crippen molar-refractivity contribution in [3.05, 3.63) is 59.7 Å². The minimum atomic E-state index is -1.32. The van der Waals surface area contributed by atoms with Crippen molar-refractivity contribution in [3.8, 4) is 11.1 Å². The fourth-order valence-electron chi connectivity index (χ4n) is 2.78. The molecule has 0 saturated heterocycles. The van der Waals surface area contributed by atoms with Gasteiger partial charge in [-0.3, -0.25) is 4.79 Å². The smallest absolute Gasteiger partial charge is 0.253 e. The molecule has 0 bridgehead atoms. The van der Waals surface area contributed by atoms with E-state index in [4.69, 9.17) is 23.2 Å². The number of amides is 1. The lowest BCUT2D eigenvalue weighted by atomic mass is 9.98. The largest absolute Gasteiger partial charge is 0.386 e. The Morgan fingerprint density at radius 3 is 2.17 bits per heavy atom. The van der Waals surface area contributed by atoms with Gasteiger partial charge in [-0.1, -0.05) is 71.7 Å². The van der Waals surface area contributed by atoms with Crippen LogP contribution in [0.1, 0.15) is 17.2 Å². The first-order chi connectivity index (χ1) is 14.3. The number of alkyl halides is 3. The molecular formula is C22H27Cl2FN2O2S. The molecule has 164 valence electrons. The van der Waals surface area contributed by atoms with Crippen LogP contribution in [0.25, 0.3) is 11.1 Å². The van der Waals surface area contributed by atoms with Crippen LogP contribution in [0.15, 0.2) is 48.5 Å². The molecule has 2 rings (SSSR count). The van der Waals surface area contributed by atoms with Crippen molar-refractivity contribution in [2.24, 2.45) is 0 Å². The highest BCUT2D eigenvalue weighted by Crippen LogP contribution is 2.25. The number of carbonyl (C=O) groups is 1. The van der Waals surface area contributed by atoms with E-state index in [2.05, 4.69) is 48.6 Å². The molecule has 0 aromatic heterocycles. The van der Waals surface area contributed by atoms with Gasteiger partial charge in [-0.15, -0.1) is 0 Å². The molecule has 0 fully saturated rings. The highest BCUT2D eigenvalue weighted by molar-refractivity contribution is 7.98. The quantitative estimate of drug-likeness (QED) is 0.374. The van der Waals surface area contributed by atoms with Crippen LogP contribution < -0.4 is 5.32 Å². The Balaban J connectivity index is 1.98. The van der Waals surface area contributed by atoms with Crippen molar-refractivity contribution in [2.75, 3.05) is 33.1 Å². The second kappa shape index (κ2) is 12.5. The van der Waals surface area contributed by atoms with Gasteiger partial charge in [0.15, 0.2) is 4.84 Å². The zero-order valence-electron chi connectivity index (χ0n) is 17.0. The molecule has 0 aliphatic carbocycles. The van der Waals surface area contributed by atoms with Crippen LogP contribution in [0, 0.1) is 0 Å². The Morgan fingerprint density at radius 2 is 1.67 bits per heavy atom. The number of hydrogen-bond donors (Lipinski definition) is 2. The molecule has 0 saturated carbocycles. The standard InChI is InChI=1S/C22H27Cl2FN2O2S/c1-27(2)11-12-30-14-15-3-5-16(6-4-15)17-7-9-18(10-8-17)20(28)19(13-25)26-22(29)21(23)24/h3-10,19-21,28H,11-14H2,1-2H3,(H,26,29). The lowest BCUT2D eigenvalue weighted by Crippen LogP contribution is -2.43. The van der Waals surface area contributed by atoms with Crippen molar-refractivity contribution < 1.29 is 14.3 Å². The van der Waals surface area contributed by atoms with Crippen molar-refractivity contribution >= 4 is 40.9 Å². The Hall–Kier alpha value is -1.31. The van der Waals surface area contributed by atoms with E-state index in [9.17, 15) is 14.3 Å². The molecule has 1 amide bonds. The van der Waals surface area contributed by atoms with Gasteiger partial charge < -0.3 is 15.3 Å². The van der Waals surface area contributed by atoms with E-state index in [-0.39, 0.29) is 0 Å². The lowest BCUT2D eigenvalue weighted by Gasteiger charge is -2.22. The van der Waals surface area contributed by atoms with Crippen LogP contribution in [0.3, 0.4) is 0 Å². The topological polar surface area (TPSA) is 52.6 Å². The number of halogens is 3. The summed E-state index contributed by atoms with van der Waals surface area (Å²) in [6, 6.07) is 14.4. The van der Waals surface area contributed by atoms with Crippen LogP contribution in [0.2, 0.25) is 0 Å². The Bertz CT molecular complexity index is 789. The Labute approximate surface area is 191 Å². The monoisotopic (exact) mass is 472 g/mol. The number of nitrogens with one attached hydrogen (secondary N) is 1. The van der Waals surface area contributed by atoms with E-state index in [1.807, 2.05) is 23.9 Å². The first-order valence-electron chi connectivity index (χ1n) is 9.56. The zero-order chi connectivity index (χ0) is 22.1. The van der Waals surface area contributed by atoms with E-state index < -0.39 is 29.6 Å². The molecule has 2 aromatic carbocycles. The minimum absolute atomic E-state index is 0.497. The molecule has 0 spiro atoms. The zero-order valence-corrected chi connectivity index (χ0v) is 19.4. The predicted octanol–water partition coefficient (Wildman–Crippen LogP) is 4.44. The van der Waals surface area contributed by atoms with Crippen LogP contribution in [0.5, 0.6) is 0 Å². The normalized spacial score (nSPS) is 13.5. The first-order valence-corrected chi connectivity index (χ1v) is 11.6. The molecule has 0 aliphatic heterocycles. The number of nitrogens with zero attached hydrogens (tertiary/aromatic N) is 1. The van der Waals surface area contributed by atoms with Crippen molar-refractivity contribution in [2.45, 2.75) is 22.7 Å². The third-order valence-corrected chi connectivity index (χ3v) is 5.97. The summed E-state index contributed by atoms with van der Waals surface area (Å²) in [5, 5.41) is 12.7. The van der Waals surface area contributed by atoms with Crippen LogP contribution >= 0.6 is 35.0 Å². The van der Waals surface area contributed by atoms with E-state index in [1.165, 1.54) is 5.56 Å². The highest BCUT2D eigenvalue weighted by Gasteiger charge is 2.25. The summed E-state index contributed by atoms with van der Waals surface area (Å²) in [6.07, 6.45) is -1.21. The number of thioether (sulfide) groups is 1. The summed E-state index contributed by atoms with van der Waals surface area (Å²) in [6.45, 7) is 0.120. The second-order valence-corrected chi connectivity index (χ2v) is 9.39. The first kappa shape index (κ1) is 25.0. The number of carbonyl (C=O) groups excluding carboxylic acids is 1. The van der Waals surface area contributed by atoms with E-state index in [0.717, 1.165) is 29.2 Å². The molecular weight excluding hydrogens is 446 g/mol. The van der Waals surface area contributed by atoms with Gasteiger partial charge in [0.05, 0.1) is 6.04 Å². The maximum Gasteiger partial charge on any atom is 0.253 e. The molecule has 30 heavy (non-hydrogen) atoms. The molecule has 2 aromatic rings. The summed E-state index contributed by atoms with van der Waals surface area (Å²) in [5.74, 6) is 1.33. The van der Waals surface area contributed by atoms with Crippen molar-refractivity contribution in [1.29, 1.82) is 0 Å². The average Bonchev–Trinajstić information content (AvgIpc) is 2.74. The predicted molar refractivity (Wildman–Crippen MR) is 125 cm³/mol. The average molecular weight is 473 g/mol. The number of benzene rings is 2. The Morgan fingerprint density at radius 1 is 1.10 bits per heavy atom. The third kappa shape index (κ3) is 7.75. The maximum atomic E-state index is 13.3. The third-order valence-electron chi connectivity index (χ3n) is 4.56. The molecule has 4 nitrogen and oxygen atoms in total. The second-order valence-electron chi connectivity index (χ2n) is 7.19. The van der Waals surface area contributed by atoms with Gasteiger partial charge in [0.2, 0.25) is 0 Å². The van der Waals surface area contributed by atoms with Crippen LogP contribution in [-0.2, 0) is 10.5 Å². The number of rotatable bonds is 11. The summed E-state index contributed by atoms with van der Waals surface area (Å²) in [7, 11) is 4.14. The van der Waals surface area contributed by atoms with Gasteiger partial charge in [0, 0.05) is 18.1 Å². The molecule has 2 unspecified atom stereocenters. The Kier molecular flexibility index (Phi) is 10.4. The fourth-order valence-corrected chi connectivity index (χ4v) is 3.98. The molecule has 2 atom stereocenters. The van der Waals surface area contributed by atoms with Gasteiger partial charge in [0.25, 0.3) is 5.91 Å². The fraction of sp³-hybridized carbons (Fsp3) is 0.409. The molecule has 0 radical (unpaired) electrons. The summed E-state index contributed by atoms with van der Waals surface area (Å²) in [5.41, 5.74) is 3.81. The number of hydrogen-bond acceptors (Lipinski definition) is 4. The SMILES string of the molecule is CN(C)CCSCc1ccc(-c2ccc(C(O)C(CF)NC(=O)C(Cl)Cl)cc2)cc1. The van der Waals surface area contributed by atoms with Gasteiger partial charge >= 0.3 is 0 Å². The highest BCUT2D eigenvalue weighted by atomic mass is 35.5.